The second kappa shape index (κ2) is 6.00. The lowest BCUT2D eigenvalue weighted by molar-refractivity contribution is 0.607. The maximum atomic E-state index is 11.3. The molecule has 1 aromatic heterocycles. The van der Waals surface area contributed by atoms with Gasteiger partial charge in [0.1, 0.15) is 0 Å². The Morgan fingerprint density at radius 3 is 2.45 bits per heavy atom. The Labute approximate surface area is 119 Å². The van der Waals surface area contributed by atoms with E-state index >= 15 is 0 Å². The quantitative estimate of drug-likeness (QED) is 0.860. The molecule has 0 unspecified atom stereocenters. The first-order valence-electron chi connectivity index (χ1n) is 6.43. The van der Waals surface area contributed by atoms with Crippen LogP contribution in [0, 0.1) is 0 Å². The number of sulfonamides is 1. The summed E-state index contributed by atoms with van der Waals surface area (Å²) in [6.07, 6.45) is 5.24. The maximum absolute atomic E-state index is 11.3. The van der Waals surface area contributed by atoms with Gasteiger partial charge in [-0.2, -0.15) is 0 Å². The highest BCUT2D eigenvalue weighted by atomic mass is 32.2. The lowest BCUT2D eigenvalue weighted by atomic mass is 10.2. The molecular weight excluding hydrogens is 274 g/mol. The number of benzene rings is 1. The van der Waals surface area contributed by atoms with E-state index in [-0.39, 0.29) is 0 Å². The molecule has 0 aliphatic carbocycles. The number of anilines is 2. The molecule has 2 N–H and O–H groups in total. The molecule has 1 heterocycles. The standard InChI is InChI=1S/C14H19N3O2S/c1-3-17-9-8-12(11-17)10-15-13-6-4-5-7-14(13)16-20(2,18)19/h4-9,11,15-16H,3,10H2,1-2H3. The number of para-hydroxylation sites is 2. The summed E-state index contributed by atoms with van der Waals surface area (Å²) < 4.78 is 27.3. The first-order chi connectivity index (χ1) is 9.48. The van der Waals surface area contributed by atoms with Crippen molar-refractivity contribution in [3.8, 4) is 0 Å². The fraction of sp³-hybridized carbons (Fsp3) is 0.286. The Bertz CT molecular complexity index is 677. The van der Waals surface area contributed by atoms with Gasteiger partial charge in [-0.3, -0.25) is 4.72 Å². The smallest absolute Gasteiger partial charge is 0.229 e. The Balaban J connectivity index is 2.09. The molecule has 0 amide bonds. The van der Waals surface area contributed by atoms with Crippen molar-refractivity contribution >= 4 is 21.4 Å². The summed E-state index contributed by atoms with van der Waals surface area (Å²) in [7, 11) is -3.28. The summed E-state index contributed by atoms with van der Waals surface area (Å²) in [4.78, 5) is 0. The summed E-state index contributed by atoms with van der Waals surface area (Å²) >= 11 is 0. The molecule has 0 aliphatic rings. The van der Waals surface area contributed by atoms with E-state index in [1.54, 1.807) is 12.1 Å². The van der Waals surface area contributed by atoms with Gasteiger partial charge < -0.3 is 9.88 Å². The third-order valence-electron chi connectivity index (χ3n) is 2.88. The van der Waals surface area contributed by atoms with Crippen molar-refractivity contribution in [2.24, 2.45) is 0 Å². The van der Waals surface area contributed by atoms with Gasteiger partial charge in [-0.05, 0) is 30.7 Å². The van der Waals surface area contributed by atoms with Gasteiger partial charge in [0.25, 0.3) is 0 Å². The minimum atomic E-state index is -3.28. The SMILES string of the molecule is CCn1ccc(CNc2ccccc2NS(C)(=O)=O)c1. The molecule has 0 bridgehead atoms. The third kappa shape index (κ3) is 4.03. The molecule has 1 aromatic carbocycles. The molecule has 0 radical (unpaired) electrons. The van der Waals surface area contributed by atoms with Crippen LogP contribution in [0.3, 0.4) is 0 Å². The van der Waals surface area contributed by atoms with Gasteiger partial charge in [0, 0.05) is 25.5 Å². The van der Waals surface area contributed by atoms with Crippen LogP contribution in [0.25, 0.3) is 0 Å². The number of hydrogen-bond donors (Lipinski definition) is 2. The van der Waals surface area contributed by atoms with Crippen molar-refractivity contribution in [1.82, 2.24) is 4.57 Å². The van der Waals surface area contributed by atoms with E-state index in [0.717, 1.165) is 24.1 Å². The van der Waals surface area contributed by atoms with Gasteiger partial charge in [0.15, 0.2) is 0 Å². The molecule has 2 rings (SSSR count). The average Bonchev–Trinajstić information content (AvgIpc) is 2.84. The first kappa shape index (κ1) is 14.5. The highest BCUT2D eigenvalue weighted by molar-refractivity contribution is 7.92. The summed E-state index contributed by atoms with van der Waals surface area (Å²) in [5, 5.41) is 3.25. The zero-order valence-corrected chi connectivity index (χ0v) is 12.4. The van der Waals surface area contributed by atoms with Gasteiger partial charge in [-0.1, -0.05) is 12.1 Å². The van der Waals surface area contributed by atoms with Crippen LogP contribution in [0.1, 0.15) is 12.5 Å². The van der Waals surface area contributed by atoms with Gasteiger partial charge >= 0.3 is 0 Å². The van der Waals surface area contributed by atoms with Crippen molar-refractivity contribution < 1.29 is 8.42 Å². The minimum Gasteiger partial charge on any atom is -0.379 e. The monoisotopic (exact) mass is 293 g/mol. The second-order valence-corrected chi connectivity index (χ2v) is 6.37. The predicted molar refractivity (Wildman–Crippen MR) is 82.3 cm³/mol. The predicted octanol–water partition coefficient (Wildman–Crippen LogP) is 2.49. The number of aryl methyl sites for hydroxylation is 1. The Hall–Kier alpha value is -1.95. The van der Waals surface area contributed by atoms with Crippen molar-refractivity contribution in [3.05, 3.63) is 48.3 Å². The lowest BCUT2D eigenvalue weighted by Crippen LogP contribution is -2.11. The first-order valence-corrected chi connectivity index (χ1v) is 8.32. The minimum absolute atomic E-state index is 0.560. The normalized spacial score (nSPS) is 11.3. The van der Waals surface area contributed by atoms with Gasteiger partial charge in [-0.25, -0.2) is 8.42 Å². The zero-order valence-electron chi connectivity index (χ0n) is 11.6. The summed E-state index contributed by atoms with van der Waals surface area (Å²) in [5.41, 5.74) is 2.48. The van der Waals surface area contributed by atoms with Crippen molar-refractivity contribution in [3.63, 3.8) is 0 Å². The molecule has 108 valence electrons. The molecule has 20 heavy (non-hydrogen) atoms. The van der Waals surface area contributed by atoms with Crippen LogP contribution in [-0.4, -0.2) is 19.2 Å². The Morgan fingerprint density at radius 2 is 1.85 bits per heavy atom. The van der Waals surface area contributed by atoms with Crippen LogP contribution in [0.15, 0.2) is 42.7 Å². The van der Waals surface area contributed by atoms with Gasteiger partial charge in [0.05, 0.1) is 17.6 Å². The van der Waals surface area contributed by atoms with Crippen molar-refractivity contribution in [1.29, 1.82) is 0 Å². The molecule has 0 aliphatic heterocycles. The van der Waals surface area contributed by atoms with Crippen LogP contribution < -0.4 is 10.0 Å². The lowest BCUT2D eigenvalue weighted by Gasteiger charge is -2.12. The average molecular weight is 293 g/mol. The topological polar surface area (TPSA) is 63.1 Å². The van der Waals surface area contributed by atoms with E-state index in [1.807, 2.05) is 24.4 Å². The molecule has 0 spiro atoms. The second-order valence-electron chi connectivity index (χ2n) is 4.62. The Morgan fingerprint density at radius 1 is 1.15 bits per heavy atom. The van der Waals surface area contributed by atoms with Crippen molar-refractivity contribution in [2.75, 3.05) is 16.3 Å². The highest BCUT2D eigenvalue weighted by Crippen LogP contribution is 2.22. The molecule has 0 saturated heterocycles. The fourth-order valence-corrected chi connectivity index (χ4v) is 2.49. The van der Waals surface area contributed by atoms with Gasteiger partial charge in [0.2, 0.25) is 10.0 Å². The molecule has 6 heteroatoms. The van der Waals surface area contributed by atoms with Crippen LogP contribution in [0.5, 0.6) is 0 Å². The molecule has 0 atom stereocenters. The molecule has 0 saturated carbocycles. The van der Waals surface area contributed by atoms with E-state index in [9.17, 15) is 8.42 Å². The summed E-state index contributed by atoms with van der Waals surface area (Å²) in [6.45, 7) is 3.67. The van der Waals surface area contributed by atoms with Crippen LogP contribution >= 0.6 is 0 Å². The summed E-state index contributed by atoms with van der Waals surface area (Å²) in [6, 6.07) is 9.30. The van der Waals surface area contributed by atoms with E-state index in [0.29, 0.717) is 12.2 Å². The number of nitrogens with zero attached hydrogens (tertiary/aromatic N) is 1. The fourth-order valence-electron chi connectivity index (χ4n) is 1.92. The van der Waals surface area contributed by atoms with Crippen LogP contribution in [-0.2, 0) is 23.1 Å². The number of hydrogen-bond acceptors (Lipinski definition) is 3. The van der Waals surface area contributed by atoms with E-state index < -0.39 is 10.0 Å². The van der Waals surface area contributed by atoms with Crippen molar-refractivity contribution in [2.45, 2.75) is 20.0 Å². The Kier molecular flexibility index (Phi) is 4.34. The summed E-state index contributed by atoms with van der Waals surface area (Å²) in [5.74, 6) is 0. The van der Waals surface area contributed by atoms with Crippen LogP contribution in [0.4, 0.5) is 11.4 Å². The maximum Gasteiger partial charge on any atom is 0.229 e. The number of aromatic nitrogens is 1. The molecule has 5 nitrogen and oxygen atoms in total. The van der Waals surface area contributed by atoms with Gasteiger partial charge in [-0.15, -0.1) is 0 Å². The zero-order chi connectivity index (χ0) is 14.6. The van der Waals surface area contributed by atoms with E-state index in [2.05, 4.69) is 27.7 Å². The largest absolute Gasteiger partial charge is 0.379 e. The third-order valence-corrected chi connectivity index (χ3v) is 3.47. The molecule has 0 fully saturated rings. The molecular formula is C14H19N3O2S. The number of nitrogens with one attached hydrogen (secondary N) is 2. The van der Waals surface area contributed by atoms with E-state index in [4.69, 9.17) is 0 Å². The number of rotatable bonds is 6. The van der Waals surface area contributed by atoms with E-state index in [1.165, 1.54) is 0 Å². The molecule has 2 aromatic rings. The van der Waals surface area contributed by atoms with Crippen LogP contribution in [0.2, 0.25) is 0 Å². The highest BCUT2D eigenvalue weighted by Gasteiger charge is 2.06.